The van der Waals surface area contributed by atoms with Gasteiger partial charge < -0.3 is 4.42 Å². The van der Waals surface area contributed by atoms with Crippen LogP contribution in [0.25, 0.3) is 98.4 Å². The second kappa shape index (κ2) is 10.2. The first-order valence-electron chi connectivity index (χ1n) is 21.6. The zero-order valence-electron chi connectivity index (χ0n) is 37.6. The van der Waals surface area contributed by atoms with Crippen molar-refractivity contribution in [3.8, 4) is 33.4 Å². The third-order valence-electron chi connectivity index (χ3n) is 8.99. The normalized spacial score (nSPS) is 15.7. The molecule has 1 aromatic heterocycles. The van der Waals surface area contributed by atoms with Gasteiger partial charge in [-0.25, -0.2) is 0 Å². The van der Waals surface area contributed by atoms with E-state index in [1.807, 2.05) is 42.5 Å². The predicted molar refractivity (Wildman–Crippen MR) is 200 cm³/mol. The van der Waals surface area contributed by atoms with Gasteiger partial charge in [0, 0.05) is 10.8 Å². The van der Waals surface area contributed by atoms with Gasteiger partial charge in [-0.05, 0) is 94.7 Å². The first-order chi connectivity index (χ1) is 28.7. The highest BCUT2D eigenvalue weighted by molar-refractivity contribution is 6.25. The minimum absolute atomic E-state index is 0.0495. The van der Waals surface area contributed by atoms with Crippen LogP contribution in [0, 0.1) is 0 Å². The maximum absolute atomic E-state index is 9.37. The highest BCUT2D eigenvalue weighted by atomic mass is 16.3. The van der Waals surface area contributed by atoms with Gasteiger partial charge in [-0.2, -0.15) is 0 Å². The molecule has 0 aliphatic rings. The monoisotopic (exact) mass is 609 g/mol. The van der Waals surface area contributed by atoms with Gasteiger partial charge in [0.1, 0.15) is 11.2 Å². The van der Waals surface area contributed by atoms with E-state index in [2.05, 4.69) is 30.3 Å². The van der Waals surface area contributed by atoms with Gasteiger partial charge in [0.2, 0.25) is 0 Å². The van der Waals surface area contributed by atoms with Crippen molar-refractivity contribution in [2.24, 2.45) is 0 Å². The van der Waals surface area contributed by atoms with Crippen LogP contribution in [0.4, 0.5) is 0 Å². The van der Waals surface area contributed by atoms with Crippen LogP contribution < -0.4 is 0 Å². The summed E-state index contributed by atoms with van der Waals surface area (Å²) >= 11 is 0. The number of fused-ring (bicyclic) bond motifs is 8. The summed E-state index contributed by atoms with van der Waals surface area (Å²) in [6.45, 7) is 0. The van der Waals surface area contributed by atoms with Crippen LogP contribution in [-0.4, -0.2) is 0 Å². The highest BCUT2D eigenvalue weighted by Crippen LogP contribution is 2.47. The van der Waals surface area contributed by atoms with Crippen molar-refractivity contribution < 1.29 is 22.2 Å². The van der Waals surface area contributed by atoms with Crippen molar-refractivity contribution in [2.75, 3.05) is 0 Å². The molecule has 10 aromatic rings. The van der Waals surface area contributed by atoms with Crippen LogP contribution >= 0.6 is 0 Å². The zero-order chi connectivity index (χ0) is 42.2. The van der Waals surface area contributed by atoms with Crippen molar-refractivity contribution in [2.45, 2.75) is 0 Å². The van der Waals surface area contributed by atoms with Gasteiger partial charge in [0.05, 0.1) is 17.8 Å². The molecule has 10 rings (SSSR count). The third kappa shape index (κ3) is 3.90. The molecule has 0 amide bonds. The molecule has 0 unspecified atom stereocenters. The van der Waals surface area contributed by atoms with E-state index in [0.717, 1.165) is 32.7 Å². The van der Waals surface area contributed by atoms with Crippen LogP contribution in [0.3, 0.4) is 0 Å². The van der Waals surface area contributed by atoms with Crippen LogP contribution in [-0.2, 0) is 0 Å². The summed E-state index contributed by atoms with van der Waals surface area (Å²) in [5, 5.41) is 4.71. The molecule has 1 heteroatoms. The van der Waals surface area contributed by atoms with Crippen LogP contribution in [0.1, 0.15) is 17.8 Å². The number of rotatable bonds is 3. The smallest absolute Gasteiger partial charge is 0.136 e. The summed E-state index contributed by atoms with van der Waals surface area (Å²) in [7, 11) is 0. The molecule has 0 saturated heterocycles. The lowest BCUT2D eigenvalue weighted by Gasteiger charge is -2.18. The molecular formula is C46H28O. The van der Waals surface area contributed by atoms with Gasteiger partial charge in [-0.3, -0.25) is 0 Å². The Hall–Kier alpha value is -6.18. The third-order valence-corrected chi connectivity index (χ3v) is 8.99. The molecule has 0 fully saturated rings. The quantitative estimate of drug-likeness (QED) is 0.143. The average Bonchev–Trinajstić information content (AvgIpc) is 3.65. The van der Waals surface area contributed by atoms with Gasteiger partial charge in [-0.15, -0.1) is 0 Å². The molecule has 0 spiro atoms. The summed E-state index contributed by atoms with van der Waals surface area (Å²) in [4.78, 5) is 0. The number of benzene rings is 9. The molecule has 218 valence electrons. The van der Waals surface area contributed by atoms with Crippen molar-refractivity contribution in [1.82, 2.24) is 0 Å². The second-order valence-electron chi connectivity index (χ2n) is 11.4. The first kappa shape index (κ1) is 16.4. The molecule has 47 heavy (non-hydrogen) atoms. The molecule has 0 N–H and O–H groups in total. The molecule has 0 saturated carbocycles. The summed E-state index contributed by atoms with van der Waals surface area (Å²) in [6, 6.07) is 21.0. The van der Waals surface area contributed by atoms with E-state index in [-0.39, 0.29) is 32.7 Å². The first-order valence-corrected chi connectivity index (χ1v) is 15.1. The maximum Gasteiger partial charge on any atom is 0.136 e. The van der Waals surface area contributed by atoms with Crippen LogP contribution in [0.5, 0.6) is 0 Å². The Kier molecular flexibility index (Phi) is 3.55. The van der Waals surface area contributed by atoms with Crippen molar-refractivity contribution >= 4 is 65.0 Å². The van der Waals surface area contributed by atoms with Crippen molar-refractivity contribution in [1.29, 1.82) is 0 Å². The predicted octanol–water partition coefficient (Wildman–Crippen LogP) is 13.2. The lowest BCUT2D eigenvalue weighted by atomic mass is 9.85. The minimum Gasteiger partial charge on any atom is -0.456 e. The van der Waals surface area contributed by atoms with E-state index in [0.29, 0.717) is 27.5 Å². The SMILES string of the molecule is [2H]c1c([2H])c([2H])c(-c2c3c([2H])c([2H])c([2H])c([2H])c3c(-c3cccc4oc5cc(-c6cccc7c6ccc6ccccc67)ccc5c34)c3c([2H])c([2H])c([2H])c([2H])c23)c([2H])c1[2H]. The fourth-order valence-electron chi connectivity index (χ4n) is 7.01. The number of hydrogen-bond acceptors (Lipinski definition) is 1. The molecule has 0 radical (unpaired) electrons. The standard InChI is InChI=1S/C46H28O/c1-2-13-30(14-3-1)44-36-16-6-8-18-38(36)45(39-19-9-7-17-37(39)44)41-22-11-23-42-46(41)40-27-25-31(28-43(40)47-42)33-20-10-21-34-32-15-5-4-12-29(32)24-26-35(33)34/h1-28H/i1D,2D,3D,6D,7D,8D,9D,13D,14D,16D,17D,18D,19D. The molecule has 1 nitrogen and oxygen atoms in total. The Balaban J connectivity index is 1.36. The number of hydrogen-bond donors (Lipinski definition) is 0. The largest absolute Gasteiger partial charge is 0.456 e. The van der Waals surface area contributed by atoms with Crippen LogP contribution in [0.2, 0.25) is 0 Å². The minimum atomic E-state index is -0.719. The molecular weight excluding hydrogens is 569 g/mol. The fourth-order valence-corrected chi connectivity index (χ4v) is 7.01. The summed E-state index contributed by atoms with van der Waals surface area (Å²) in [5.74, 6) is 0. The lowest BCUT2D eigenvalue weighted by molar-refractivity contribution is 0.669. The summed E-state index contributed by atoms with van der Waals surface area (Å²) in [6.07, 6.45) is 0. The van der Waals surface area contributed by atoms with E-state index in [4.69, 9.17) is 16.8 Å². The van der Waals surface area contributed by atoms with E-state index in [1.54, 1.807) is 18.2 Å². The summed E-state index contributed by atoms with van der Waals surface area (Å²) < 4.78 is 122. The number of furan rings is 1. The Morgan fingerprint density at radius 1 is 0.383 bits per heavy atom. The zero-order valence-corrected chi connectivity index (χ0v) is 24.6. The molecule has 1 heterocycles. The van der Waals surface area contributed by atoms with E-state index in [1.165, 1.54) is 0 Å². The van der Waals surface area contributed by atoms with E-state index in [9.17, 15) is 5.48 Å². The van der Waals surface area contributed by atoms with E-state index >= 15 is 0 Å². The molecule has 9 aromatic carbocycles. The Morgan fingerprint density at radius 3 is 1.81 bits per heavy atom. The van der Waals surface area contributed by atoms with Gasteiger partial charge in [-0.1, -0.05) is 151 Å². The summed E-state index contributed by atoms with van der Waals surface area (Å²) in [5.41, 5.74) is 2.37. The Labute approximate surface area is 290 Å². The second-order valence-corrected chi connectivity index (χ2v) is 11.4. The fraction of sp³-hybridized carbons (Fsp3) is 0. The molecule has 0 aliphatic heterocycles. The van der Waals surface area contributed by atoms with E-state index < -0.39 is 84.1 Å². The highest BCUT2D eigenvalue weighted by Gasteiger charge is 2.20. The Bertz CT molecular complexity index is 3480. The average molecular weight is 610 g/mol. The van der Waals surface area contributed by atoms with Gasteiger partial charge >= 0.3 is 0 Å². The molecule has 0 atom stereocenters. The van der Waals surface area contributed by atoms with Gasteiger partial charge in [0.25, 0.3) is 0 Å². The van der Waals surface area contributed by atoms with Crippen LogP contribution in [0.15, 0.2) is 174 Å². The van der Waals surface area contributed by atoms with Crippen molar-refractivity contribution in [3.05, 3.63) is 170 Å². The topological polar surface area (TPSA) is 13.1 Å². The van der Waals surface area contributed by atoms with Gasteiger partial charge in [0.15, 0.2) is 0 Å². The van der Waals surface area contributed by atoms with Crippen molar-refractivity contribution in [3.63, 3.8) is 0 Å². The maximum atomic E-state index is 9.37. The Morgan fingerprint density at radius 2 is 1.02 bits per heavy atom. The molecule has 0 aliphatic carbocycles. The molecule has 0 bridgehead atoms. The lowest BCUT2D eigenvalue weighted by Crippen LogP contribution is -1.91.